The molecule has 0 fully saturated rings. The van der Waals surface area contributed by atoms with E-state index in [1.54, 1.807) is 0 Å². The van der Waals surface area contributed by atoms with E-state index in [9.17, 15) is 9.59 Å². The van der Waals surface area contributed by atoms with Gasteiger partial charge in [-0.2, -0.15) is 0 Å². The van der Waals surface area contributed by atoms with Gasteiger partial charge in [-0.3, -0.25) is 4.79 Å². The first-order valence-electron chi connectivity index (χ1n) is 3.06. The third-order valence-corrected chi connectivity index (χ3v) is 1.22. The van der Waals surface area contributed by atoms with Gasteiger partial charge in [0.2, 0.25) is 5.91 Å². The molecular weight excluding hydrogens is 148 g/mol. The molecule has 0 bridgehead atoms. The van der Waals surface area contributed by atoms with E-state index in [1.807, 2.05) is 0 Å². The van der Waals surface area contributed by atoms with E-state index in [4.69, 9.17) is 5.73 Å². The van der Waals surface area contributed by atoms with Crippen LogP contribution in [-0.4, -0.2) is 24.6 Å². The fraction of sp³-hybridized carbons (Fsp3) is 0.667. The normalized spacial score (nSPS) is 10.5. The molecule has 0 aromatic heterocycles. The summed E-state index contributed by atoms with van der Waals surface area (Å²) in [6, 6.07) is 0. The summed E-state index contributed by atoms with van der Waals surface area (Å²) in [5.74, 6) is -0.608. The Bertz CT molecular complexity index is 177. The summed E-state index contributed by atoms with van der Waals surface area (Å²) in [5.41, 5.74) is 3.90. The zero-order chi connectivity index (χ0) is 9.07. The summed E-state index contributed by atoms with van der Waals surface area (Å²) >= 11 is 0. The Morgan fingerprint density at radius 1 is 1.45 bits per heavy atom. The van der Waals surface area contributed by atoms with Crippen LogP contribution in [0.15, 0.2) is 0 Å². The van der Waals surface area contributed by atoms with Crippen molar-refractivity contribution < 1.29 is 14.3 Å². The average molecular weight is 160 g/mol. The molecule has 11 heavy (non-hydrogen) atoms. The molecule has 0 saturated heterocycles. The maximum absolute atomic E-state index is 10.6. The molecular formula is C6H12N2O3. The van der Waals surface area contributed by atoms with E-state index in [0.717, 1.165) is 0 Å². The highest BCUT2D eigenvalue weighted by Crippen LogP contribution is 1.99. The van der Waals surface area contributed by atoms with Crippen molar-refractivity contribution in [3.8, 4) is 0 Å². The van der Waals surface area contributed by atoms with Gasteiger partial charge in [0.25, 0.3) is 0 Å². The van der Waals surface area contributed by atoms with Crippen LogP contribution in [0, 0.1) is 0 Å². The molecule has 0 spiro atoms. The van der Waals surface area contributed by atoms with Gasteiger partial charge in [-0.05, 0) is 13.8 Å². The standard InChI is InChI=1S/C6H12N2O3/c1-6(2,4(7)9)8-5(10)11-3/h1-3H3,(H2,7,9)(H,8,10). The summed E-state index contributed by atoms with van der Waals surface area (Å²) < 4.78 is 4.28. The molecule has 0 aromatic carbocycles. The number of carbonyl (C=O) groups is 2. The van der Waals surface area contributed by atoms with Crippen LogP contribution in [0.3, 0.4) is 0 Å². The molecule has 0 saturated carbocycles. The summed E-state index contributed by atoms with van der Waals surface area (Å²) in [4.78, 5) is 21.2. The molecule has 0 aliphatic heterocycles. The van der Waals surface area contributed by atoms with Gasteiger partial charge in [0, 0.05) is 0 Å². The van der Waals surface area contributed by atoms with E-state index in [1.165, 1.54) is 21.0 Å². The van der Waals surface area contributed by atoms with E-state index < -0.39 is 17.5 Å². The maximum atomic E-state index is 10.6. The summed E-state index contributed by atoms with van der Waals surface area (Å²) in [7, 11) is 1.21. The molecule has 64 valence electrons. The number of amides is 2. The molecule has 5 nitrogen and oxygen atoms in total. The molecule has 2 amide bonds. The molecule has 0 radical (unpaired) electrons. The molecule has 3 N–H and O–H groups in total. The predicted molar refractivity (Wildman–Crippen MR) is 38.8 cm³/mol. The molecule has 5 heteroatoms. The highest BCUT2D eigenvalue weighted by atomic mass is 16.5. The van der Waals surface area contributed by atoms with Crippen LogP contribution < -0.4 is 11.1 Å². The minimum Gasteiger partial charge on any atom is -0.453 e. The minimum atomic E-state index is -1.06. The lowest BCUT2D eigenvalue weighted by atomic mass is 10.1. The van der Waals surface area contributed by atoms with Crippen LogP contribution in [0.4, 0.5) is 4.79 Å². The summed E-state index contributed by atoms with van der Waals surface area (Å²) in [5, 5.41) is 2.27. The lowest BCUT2D eigenvalue weighted by Crippen LogP contribution is -2.52. The monoisotopic (exact) mass is 160 g/mol. The topological polar surface area (TPSA) is 81.4 Å². The predicted octanol–water partition coefficient (Wildman–Crippen LogP) is -0.394. The van der Waals surface area contributed by atoms with Gasteiger partial charge in [0.05, 0.1) is 7.11 Å². The minimum absolute atomic E-state index is 0.608. The van der Waals surface area contributed by atoms with Crippen LogP contribution in [0.5, 0.6) is 0 Å². The zero-order valence-corrected chi connectivity index (χ0v) is 6.80. The smallest absolute Gasteiger partial charge is 0.407 e. The number of carbonyl (C=O) groups excluding carboxylic acids is 2. The lowest BCUT2D eigenvalue weighted by Gasteiger charge is -2.20. The second-order valence-electron chi connectivity index (χ2n) is 2.61. The SMILES string of the molecule is COC(=O)NC(C)(C)C(N)=O. The van der Waals surface area contributed by atoms with Gasteiger partial charge < -0.3 is 15.8 Å². The fourth-order valence-electron chi connectivity index (χ4n) is 0.368. The largest absolute Gasteiger partial charge is 0.453 e. The Morgan fingerprint density at radius 2 is 1.91 bits per heavy atom. The van der Waals surface area contributed by atoms with Crippen molar-refractivity contribution in [3.63, 3.8) is 0 Å². The Labute approximate surface area is 64.9 Å². The third-order valence-electron chi connectivity index (χ3n) is 1.22. The number of hydrogen-bond acceptors (Lipinski definition) is 3. The Balaban J connectivity index is 4.12. The number of methoxy groups -OCH3 is 1. The maximum Gasteiger partial charge on any atom is 0.407 e. The first-order valence-corrected chi connectivity index (χ1v) is 3.06. The van der Waals surface area contributed by atoms with Crippen LogP contribution in [0.1, 0.15) is 13.8 Å². The quantitative estimate of drug-likeness (QED) is 0.577. The van der Waals surface area contributed by atoms with E-state index in [0.29, 0.717) is 0 Å². The van der Waals surface area contributed by atoms with Gasteiger partial charge in [0.15, 0.2) is 0 Å². The Morgan fingerprint density at radius 3 is 2.18 bits per heavy atom. The van der Waals surface area contributed by atoms with Crippen molar-refractivity contribution in [2.45, 2.75) is 19.4 Å². The summed E-state index contributed by atoms with van der Waals surface area (Å²) in [6.45, 7) is 2.98. The second-order valence-corrected chi connectivity index (χ2v) is 2.61. The van der Waals surface area contributed by atoms with Crippen LogP contribution in [0.25, 0.3) is 0 Å². The van der Waals surface area contributed by atoms with E-state index in [-0.39, 0.29) is 0 Å². The van der Waals surface area contributed by atoms with Crippen molar-refractivity contribution in [2.75, 3.05) is 7.11 Å². The van der Waals surface area contributed by atoms with Gasteiger partial charge >= 0.3 is 6.09 Å². The summed E-state index contributed by atoms with van der Waals surface area (Å²) in [6.07, 6.45) is -0.672. The molecule has 0 rings (SSSR count). The number of primary amides is 1. The lowest BCUT2D eigenvalue weighted by molar-refractivity contribution is -0.123. The van der Waals surface area contributed by atoms with Gasteiger partial charge in [0.1, 0.15) is 5.54 Å². The van der Waals surface area contributed by atoms with Crippen molar-refractivity contribution >= 4 is 12.0 Å². The Kier molecular flexibility index (Phi) is 2.86. The number of ether oxygens (including phenoxy) is 1. The van der Waals surface area contributed by atoms with Crippen LogP contribution >= 0.6 is 0 Å². The zero-order valence-electron chi connectivity index (χ0n) is 6.80. The number of alkyl carbamates (subject to hydrolysis) is 1. The van der Waals surface area contributed by atoms with Crippen LogP contribution in [-0.2, 0) is 9.53 Å². The number of nitrogens with one attached hydrogen (secondary N) is 1. The molecule has 0 heterocycles. The highest BCUT2D eigenvalue weighted by Gasteiger charge is 2.26. The van der Waals surface area contributed by atoms with Gasteiger partial charge in [-0.1, -0.05) is 0 Å². The van der Waals surface area contributed by atoms with Crippen molar-refractivity contribution in [1.82, 2.24) is 5.32 Å². The third kappa shape index (κ3) is 2.88. The number of nitrogens with two attached hydrogens (primary N) is 1. The van der Waals surface area contributed by atoms with E-state index >= 15 is 0 Å². The molecule has 0 aliphatic carbocycles. The molecule has 0 aromatic rings. The van der Waals surface area contributed by atoms with E-state index in [2.05, 4.69) is 10.1 Å². The highest BCUT2D eigenvalue weighted by molar-refractivity contribution is 5.87. The van der Waals surface area contributed by atoms with Crippen molar-refractivity contribution in [1.29, 1.82) is 0 Å². The van der Waals surface area contributed by atoms with Gasteiger partial charge in [-0.15, -0.1) is 0 Å². The van der Waals surface area contributed by atoms with Crippen LogP contribution in [0.2, 0.25) is 0 Å². The molecule has 0 unspecified atom stereocenters. The Hall–Kier alpha value is -1.26. The number of rotatable bonds is 2. The molecule has 0 atom stereocenters. The number of hydrogen-bond donors (Lipinski definition) is 2. The fourth-order valence-corrected chi connectivity index (χ4v) is 0.368. The average Bonchev–Trinajstić information content (AvgIpc) is 1.86. The van der Waals surface area contributed by atoms with Crippen molar-refractivity contribution in [2.24, 2.45) is 5.73 Å². The van der Waals surface area contributed by atoms with Crippen molar-refractivity contribution in [3.05, 3.63) is 0 Å². The van der Waals surface area contributed by atoms with Gasteiger partial charge in [-0.25, -0.2) is 4.79 Å². The molecule has 0 aliphatic rings. The second kappa shape index (κ2) is 3.23. The first-order chi connectivity index (χ1) is 4.90. The first kappa shape index (κ1) is 9.74.